The summed E-state index contributed by atoms with van der Waals surface area (Å²) in [4.78, 5) is 23.0. The van der Waals surface area contributed by atoms with Crippen LogP contribution in [0.5, 0.6) is 0 Å². The van der Waals surface area contributed by atoms with Crippen LogP contribution in [-0.4, -0.2) is 20.2 Å². The monoisotopic (exact) mass is 450 g/mol. The summed E-state index contributed by atoms with van der Waals surface area (Å²) in [6, 6.07) is 16.4. The number of rotatable bonds is 6. The minimum Gasteiger partial charge on any atom is -0.398 e. The third-order valence-electron chi connectivity index (χ3n) is 4.66. The summed E-state index contributed by atoms with van der Waals surface area (Å²) in [6.45, 7) is 1.44. The van der Waals surface area contributed by atoms with E-state index in [9.17, 15) is 18.0 Å². The minimum atomic E-state index is -3.83. The Bertz CT molecular complexity index is 1310. The molecule has 3 aromatic carbocycles. The fourth-order valence-electron chi connectivity index (χ4n) is 3.11. The van der Waals surface area contributed by atoms with Crippen molar-refractivity contribution in [2.24, 2.45) is 10.9 Å². The molecule has 0 heterocycles. The maximum Gasteiger partial charge on any atom is 0.250 e. The van der Waals surface area contributed by atoms with Crippen molar-refractivity contribution >= 4 is 45.4 Å². The van der Waals surface area contributed by atoms with E-state index in [4.69, 9.17) is 16.6 Å². The molecule has 8 nitrogen and oxygen atoms in total. The number of anilines is 2. The van der Waals surface area contributed by atoms with Crippen LogP contribution < -0.4 is 21.9 Å². The molecule has 3 aromatic rings. The average molecular weight is 451 g/mol. The molecule has 0 spiro atoms. The SMILES string of the molecule is CC(=O)Nc1ccc(/C=C/c2cc(C(N)=O)c(N)c(-c3ccc(S(N)(=O)=O)cc3)c2)cc1. The number of benzene rings is 3. The van der Waals surface area contributed by atoms with Crippen LogP contribution in [0, 0.1) is 0 Å². The Hall–Kier alpha value is -3.95. The van der Waals surface area contributed by atoms with Crippen molar-refractivity contribution < 1.29 is 18.0 Å². The molecular weight excluding hydrogens is 428 g/mol. The van der Waals surface area contributed by atoms with Gasteiger partial charge in [-0.1, -0.05) is 36.4 Å². The molecule has 0 saturated heterocycles. The van der Waals surface area contributed by atoms with E-state index in [1.54, 1.807) is 42.5 Å². The normalized spacial score (nSPS) is 11.4. The zero-order valence-electron chi connectivity index (χ0n) is 17.2. The van der Waals surface area contributed by atoms with E-state index in [0.29, 0.717) is 22.4 Å². The molecule has 2 amide bonds. The number of carbonyl (C=O) groups excluding carboxylic acids is 2. The quantitative estimate of drug-likeness (QED) is 0.335. The molecule has 0 bridgehead atoms. The summed E-state index contributed by atoms with van der Waals surface area (Å²) in [7, 11) is -3.83. The first kappa shape index (κ1) is 22.7. The summed E-state index contributed by atoms with van der Waals surface area (Å²) in [5.74, 6) is -0.835. The lowest BCUT2D eigenvalue weighted by molar-refractivity contribution is -0.114. The number of primary sulfonamides is 1. The fraction of sp³-hybridized carbons (Fsp3) is 0.0435. The molecule has 0 aliphatic heterocycles. The van der Waals surface area contributed by atoms with E-state index >= 15 is 0 Å². The van der Waals surface area contributed by atoms with E-state index in [-0.39, 0.29) is 22.1 Å². The van der Waals surface area contributed by atoms with Crippen molar-refractivity contribution in [2.45, 2.75) is 11.8 Å². The highest BCUT2D eigenvalue weighted by Crippen LogP contribution is 2.31. The standard InChI is InChI=1S/C23H22N4O4S/c1-14(28)27-18-8-4-15(5-9-18)2-3-16-12-20(22(24)21(13-16)23(25)29)17-6-10-19(11-7-17)32(26,30)31/h2-13H,24H2,1H3,(H2,25,29)(H,27,28)(H2,26,30,31)/b3-2+. The first-order valence-electron chi connectivity index (χ1n) is 9.47. The van der Waals surface area contributed by atoms with Crippen LogP contribution in [0.25, 0.3) is 23.3 Å². The molecular formula is C23H22N4O4S. The van der Waals surface area contributed by atoms with E-state index < -0.39 is 15.9 Å². The predicted octanol–water partition coefficient (Wildman–Crippen LogP) is 2.81. The molecule has 164 valence electrons. The topological polar surface area (TPSA) is 158 Å². The van der Waals surface area contributed by atoms with E-state index in [1.807, 2.05) is 18.2 Å². The number of amides is 2. The maximum atomic E-state index is 11.9. The van der Waals surface area contributed by atoms with Crippen LogP contribution in [0.1, 0.15) is 28.4 Å². The van der Waals surface area contributed by atoms with E-state index in [2.05, 4.69) is 5.32 Å². The molecule has 0 atom stereocenters. The lowest BCUT2D eigenvalue weighted by atomic mass is 9.96. The van der Waals surface area contributed by atoms with Gasteiger partial charge in [-0.05, 0) is 53.1 Å². The summed E-state index contributed by atoms with van der Waals surface area (Å²) in [5.41, 5.74) is 15.4. The smallest absolute Gasteiger partial charge is 0.250 e. The molecule has 7 N–H and O–H groups in total. The highest BCUT2D eigenvalue weighted by molar-refractivity contribution is 7.89. The zero-order valence-corrected chi connectivity index (χ0v) is 18.0. The minimum absolute atomic E-state index is 0.0336. The second-order valence-corrected chi connectivity index (χ2v) is 8.66. The molecule has 0 aliphatic carbocycles. The van der Waals surface area contributed by atoms with Crippen molar-refractivity contribution in [3.8, 4) is 11.1 Å². The van der Waals surface area contributed by atoms with Crippen LogP contribution in [0.4, 0.5) is 11.4 Å². The van der Waals surface area contributed by atoms with Crippen molar-refractivity contribution in [2.75, 3.05) is 11.1 Å². The van der Waals surface area contributed by atoms with Crippen molar-refractivity contribution in [1.82, 2.24) is 0 Å². The van der Waals surface area contributed by atoms with Gasteiger partial charge >= 0.3 is 0 Å². The Morgan fingerprint density at radius 1 is 0.906 bits per heavy atom. The number of carbonyl (C=O) groups is 2. The second kappa shape index (κ2) is 9.04. The summed E-state index contributed by atoms with van der Waals surface area (Å²) >= 11 is 0. The van der Waals surface area contributed by atoms with Gasteiger partial charge in [0.25, 0.3) is 5.91 Å². The van der Waals surface area contributed by atoms with Crippen molar-refractivity contribution in [1.29, 1.82) is 0 Å². The predicted molar refractivity (Wildman–Crippen MR) is 126 cm³/mol. The molecule has 32 heavy (non-hydrogen) atoms. The first-order valence-corrected chi connectivity index (χ1v) is 11.0. The molecule has 3 rings (SSSR count). The van der Waals surface area contributed by atoms with Gasteiger partial charge in [-0.25, -0.2) is 13.6 Å². The molecule has 0 fully saturated rings. The lowest BCUT2D eigenvalue weighted by Gasteiger charge is -2.12. The third kappa shape index (κ3) is 5.39. The molecule has 0 radical (unpaired) electrons. The number of primary amides is 1. The largest absolute Gasteiger partial charge is 0.398 e. The van der Waals surface area contributed by atoms with Gasteiger partial charge in [0.2, 0.25) is 15.9 Å². The van der Waals surface area contributed by atoms with Crippen LogP contribution in [-0.2, 0) is 14.8 Å². The number of nitrogen functional groups attached to an aromatic ring is 1. The first-order chi connectivity index (χ1) is 15.0. The average Bonchev–Trinajstić information content (AvgIpc) is 2.73. The molecule has 9 heteroatoms. The Labute approximate surface area is 185 Å². The highest BCUT2D eigenvalue weighted by atomic mass is 32.2. The van der Waals surface area contributed by atoms with Gasteiger partial charge in [0.1, 0.15) is 0 Å². The van der Waals surface area contributed by atoms with E-state index in [1.165, 1.54) is 19.1 Å². The zero-order chi connectivity index (χ0) is 23.5. The van der Waals surface area contributed by atoms with Crippen LogP contribution >= 0.6 is 0 Å². The number of nitrogens with one attached hydrogen (secondary N) is 1. The van der Waals surface area contributed by atoms with Crippen LogP contribution in [0.3, 0.4) is 0 Å². The van der Waals surface area contributed by atoms with Crippen LogP contribution in [0.15, 0.2) is 65.6 Å². The molecule has 0 aromatic heterocycles. The molecule has 0 aliphatic rings. The number of hydrogen-bond acceptors (Lipinski definition) is 5. The number of nitrogens with two attached hydrogens (primary N) is 3. The third-order valence-corrected chi connectivity index (χ3v) is 5.59. The van der Waals surface area contributed by atoms with Gasteiger partial charge in [0, 0.05) is 18.2 Å². The van der Waals surface area contributed by atoms with Crippen molar-refractivity contribution in [3.63, 3.8) is 0 Å². The van der Waals surface area contributed by atoms with Gasteiger partial charge in [-0.3, -0.25) is 9.59 Å². The Kier molecular flexibility index (Phi) is 6.42. The fourth-order valence-corrected chi connectivity index (χ4v) is 3.63. The van der Waals surface area contributed by atoms with Gasteiger partial charge in [0.05, 0.1) is 16.1 Å². The number of hydrogen-bond donors (Lipinski definition) is 4. The highest BCUT2D eigenvalue weighted by Gasteiger charge is 2.14. The van der Waals surface area contributed by atoms with E-state index in [0.717, 1.165) is 5.56 Å². The summed E-state index contributed by atoms with van der Waals surface area (Å²) < 4.78 is 23.0. The number of sulfonamides is 1. The van der Waals surface area contributed by atoms with Gasteiger partial charge in [-0.15, -0.1) is 0 Å². The van der Waals surface area contributed by atoms with Crippen molar-refractivity contribution in [3.05, 3.63) is 77.4 Å². The van der Waals surface area contributed by atoms with Gasteiger partial charge in [0.15, 0.2) is 0 Å². The van der Waals surface area contributed by atoms with Crippen LogP contribution in [0.2, 0.25) is 0 Å². The Morgan fingerprint density at radius 2 is 1.50 bits per heavy atom. The lowest BCUT2D eigenvalue weighted by Crippen LogP contribution is -2.14. The molecule has 0 unspecified atom stereocenters. The van der Waals surface area contributed by atoms with Gasteiger partial charge in [-0.2, -0.15) is 0 Å². The second-order valence-electron chi connectivity index (χ2n) is 7.10. The molecule has 0 saturated carbocycles. The summed E-state index contributed by atoms with van der Waals surface area (Å²) in [6.07, 6.45) is 3.63. The Balaban J connectivity index is 1.98. The Morgan fingerprint density at radius 3 is 2.03 bits per heavy atom. The van der Waals surface area contributed by atoms with Gasteiger partial charge < -0.3 is 16.8 Å². The summed E-state index contributed by atoms with van der Waals surface area (Å²) in [5, 5.41) is 7.84. The maximum absolute atomic E-state index is 11.9.